The van der Waals surface area contributed by atoms with Gasteiger partial charge >= 0.3 is 0 Å². The average molecular weight is 434 g/mol. The molecule has 0 unspecified atom stereocenters. The Balaban J connectivity index is 1.31. The van der Waals surface area contributed by atoms with Crippen molar-refractivity contribution in [2.75, 3.05) is 63.9 Å². The first-order valence-corrected chi connectivity index (χ1v) is 11.5. The average Bonchev–Trinajstić information content (AvgIpc) is 3.61. The van der Waals surface area contributed by atoms with Crippen LogP contribution in [0.3, 0.4) is 0 Å². The Morgan fingerprint density at radius 1 is 1.16 bits per heavy atom. The number of hydrogen-bond acceptors (Lipinski definition) is 4. The van der Waals surface area contributed by atoms with E-state index >= 15 is 0 Å². The molecule has 1 aliphatic heterocycles. The van der Waals surface area contributed by atoms with Crippen LogP contribution in [0.5, 0.6) is 0 Å². The molecule has 1 aromatic carbocycles. The van der Waals surface area contributed by atoms with Crippen LogP contribution in [0, 0.1) is 11.7 Å². The minimum atomic E-state index is -0.229. The van der Waals surface area contributed by atoms with Crippen molar-refractivity contribution < 1.29 is 13.9 Å². The summed E-state index contributed by atoms with van der Waals surface area (Å²) < 4.78 is 18.7. The zero-order valence-electron chi connectivity index (χ0n) is 18.6. The van der Waals surface area contributed by atoms with E-state index in [0.717, 1.165) is 56.8 Å². The topological polar surface area (TPSA) is 69.2 Å². The van der Waals surface area contributed by atoms with Gasteiger partial charge in [0.05, 0.1) is 0 Å². The van der Waals surface area contributed by atoms with Gasteiger partial charge in [0.2, 0.25) is 5.91 Å². The van der Waals surface area contributed by atoms with E-state index in [9.17, 15) is 9.18 Å². The zero-order valence-corrected chi connectivity index (χ0v) is 18.6. The normalized spacial score (nSPS) is 17.0. The minimum Gasteiger partial charge on any atom is -0.381 e. The first kappa shape index (κ1) is 23.3. The summed E-state index contributed by atoms with van der Waals surface area (Å²) in [6.07, 6.45) is 3.97. The van der Waals surface area contributed by atoms with Gasteiger partial charge in [0.25, 0.3) is 0 Å². The maximum absolute atomic E-state index is 13.1. The number of amides is 1. The number of carbonyl (C=O) groups is 1. The molecular weight excluding hydrogens is 397 g/mol. The third-order valence-electron chi connectivity index (χ3n) is 5.57. The Kier molecular flexibility index (Phi) is 9.39. The van der Waals surface area contributed by atoms with Gasteiger partial charge in [0.15, 0.2) is 5.96 Å². The predicted octanol–water partition coefficient (Wildman–Crippen LogP) is 2.24. The number of carbonyl (C=O) groups excluding carboxylic acids is 1. The van der Waals surface area contributed by atoms with Crippen LogP contribution < -0.4 is 15.5 Å². The third kappa shape index (κ3) is 8.36. The van der Waals surface area contributed by atoms with Crippen molar-refractivity contribution in [2.45, 2.75) is 32.6 Å². The fraction of sp³-hybridized carbons (Fsp3) is 0.652. The highest BCUT2D eigenvalue weighted by Crippen LogP contribution is 2.28. The molecule has 31 heavy (non-hydrogen) atoms. The van der Waals surface area contributed by atoms with Crippen molar-refractivity contribution in [1.29, 1.82) is 0 Å². The summed E-state index contributed by atoms with van der Waals surface area (Å²) in [5, 5.41) is 6.48. The standard InChI is InChI=1S/C23H36FN5O2/c1-2-25-23(26-11-3-17-31-18-19-4-5-19)27-12-10-22(30)29-15-13-28(14-16-29)21-8-6-20(24)7-9-21/h6-9,19H,2-5,10-18H2,1H3,(H2,25,26,27). The molecule has 0 aromatic heterocycles. The number of nitrogens with one attached hydrogen (secondary N) is 2. The molecule has 2 fully saturated rings. The van der Waals surface area contributed by atoms with Crippen LogP contribution >= 0.6 is 0 Å². The highest BCUT2D eigenvalue weighted by atomic mass is 19.1. The number of anilines is 1. The molecule has 8 heteroatoms. The Morgan fingerprint density at radius 3 is 2.58 bits per heavy atom. The molecule has 0 spiro atoms. The lowest BCUT2D eigenvalue weighted by Gasteiger charge is -2.36. The lowest BCUT2D eigenvalue weighted by Crippen LogP contribution is -2.49. The summed E-state index contributed by atoms with van der Waals surface area (Å²) in [6, 6.07) is 6.53. The second-order valence-corrected chi connectivity index (χ2v) is 8.15. The molecule has 2 aliphatic rings. The number of piperazine rings is 1. The molecule has 172 valence electrons. The Morgan fingerprint density at radius 2 is 1.90 bits per heavy atom. The maximum atomic E-state index is 13.1. The van der Waals surface area contributed by atoms with Crippen LogP contribution in [0.15, 0.2) is 29.3 Å². The van der Waals surface area contributed by atoms with Crippen molar-refractivity contribution >= 4 is 17.6 Å². The van der Waals surface area contributed by atoms with E-state index in [1.165, 1.54) is 25.0 Å². The van der Waals surface area contributed by atoms with E-state index in [1.807, 2.05) is 11.8 Å². The predicted molar refractivity (Wildman–Crippen MR) is 122 cm³/mol. The van der Waals surface area contributed by atoms with E-state index in [0.29, 0.717) is 32.6 Å². The van der Waals surface area contributed by atoms with Crippen molar-refractivity contribution in [3.63, 3.8) is 0 Å². The number of ether oxygens (including phenoxy) is 1. The first-order valence-electron chi connectivity index (χ1n) is 11.5. The maximum Gasteiger partial charge on any atom is 0.224 e. The Bertz CT molecular complexity index is 700. The molecule has 1 saturated carbocycles. The van der Waals surface area contributed by atoms with Crippen LogP contribution in [0.1, 0.15) is 32.6 Å². The largest absolute Gasteiger partial charge is 0.381 e. The smallest absolute Gasteiger partial charge is 0.224 e. The van der Waals surface area contributed by atoms with E-state index in [4.69, 9.17) is 4.74 Å². The lowest BCUT2D eigenvalue weighted by molar-refractivity contribution is -0.131. The van der Waals surface area contributed by atoms with Gasteiger partial charge < -0.3 is 25.2 Å². The number of rotatable bonds is 11. The van der Waals surface area contributed by atoms with E-state index in [-0.39, 0.29) is 11.7 Å². The molecule has 1 aliphatic carbocycles. The van der Waals surface area contributed by atoms with E-state index in [2.05, 4.69) is 20.5 Å². The van der Waals surface area contributed by atoms with Gasteiger partial charge in [0, 0.05) is 71.1 Å². The molecule has 0 bridgehead atoms. The minimum absolute atomic E-state index is 0.149. The van der Waals surface area contributed by atoms with Crippen LogP contribution in [-0.2, 0) is 9.53 Å². The fourth-order valence-electron chi connectivity index (χ4n) is 3.55. The van der Waals surface area contributed by atoms with Crippen molar-refractivity contribution in [2.24, 2.45) is 10.9 Å². The van der Waals surface area contributed by atoms with Gasteiger partial charge in [-0.3, -0.25) is 9.79 Å². The summed E-state index contributed by atoms with van der Waals surface area (Å²) >= 11 is 0. The van der Waals surface area contributed by atoms with Crippen LogP contribution in [-0.4, -0.2) is 75.8 Å². The molecular formula is C23H36FN5O2. The highest BCUT2D eigenvalue weighted by molar-refractivity contribution is 5.81. The zero-order chi connectivity index (χ0) is 21.9. The SMILES string of the molecule is CCNC(=NCCCOCC1CC1)NCCC(=O)N1CCN(c2ccc(F)cc2)CC1. The number of halogens is 1. The van der Waals surface area contributed by atoms with Crippen molar-refractivity contribution in [1.82, 2.24) is 15.5 Å². The summed E-state index contributed by atoms with van der Waals surface area (Å²) in [5.74, 6) is 1.47. The molecule has 1 saturated heterocycles. The molecule has 0 radical (unpaired) electrons. The number of nitrogens with zero attached hydrogens (tertiary/aromatic N) is 3. The van der Waals surface area contributed by atoms with Gasteiger partial charge in [-0.2, -0.15) is 0 Å². The van der Waals surface area contributed by atoms with E-state index < -0.39 is 0 Å². The second kappa shape index (κ2) is 12.5. The molecule has 1 heterocycles. The summed E-state index contributed by atoms with van der Waals surface area (Å²) in [5.41, 5.74) is 1.000. The lowest BCUT2D eigenvalue weighted by atomic mass is 10.2. The van der Waals surface area contributed by atoms with Crippen LogP contribution in [0.4, 0.5) is 10.1 Å². The highest BCUT2D eigenvalue weighted by Gasteiger charge is 2.21. The number of guanidine groups is 1. The van der Waals surface area contributed by atoms with Gasteiger partial charge in [-0.15, -0.1) is 0 Å². The molecule has 1 aromatic rings. The van der Waals surface area contributed by atoms with Gasteiger partial charge in [-0.05, 0) is 56.4 Å². The summed E-state index contributed by atoms with van der Waals surface area (Å²) in [6.45, 7) is 8.61. The van der Waals surface area contributed by atoms with Crippen LogP contribution in [0.25, 0.3) is 0 Å². The first-order chi connectivity index (χ1) is 15.2. The third-order valence-corrected chi connectivity index (χ3v) is 5.57. The van der Waals surface area contributed by atoms with Crippen LogP contribution in [0.2, 0.25) is 0 Å². The quantitative estimate of drug-likeness (QED) is 0.318. The van der Waals surface area contributed by atoms with Gasteiger partial charge in [-0.1, -0.05) is 0 Å². The van der Waals surface area contributed by atoms with Crippen molar-refractivity contribution in [3.05, 3.63) is 30.1 Å². The second-order valence-electron chi connectivity index (χ2n) is 8.15. The van der Waals surface area contributed by atoms with Gasteiger partial charge in [-0.25, -0.2) is 4.39 Å². The fourth-order valence-corrected chi connectivity index (χ4v) is 3.55. The Hall–Kier alpha value is -2.35. The Labute approximate surface area is 185 Å². The molecule has 2 N–H and O–H groups in total. The molecule has 0 atom stereocenters. The summed E-state index contributed by atoms with van der Waals surface area (Å²) in [7, 11) is 0. The molecule has 1 amide bonds. The monoisotopic (exact) mass is 433 g/mol. The summed E-state index contributed by atoms with van der Waals surface area (Å²) in [4.78, 5) is 21.2. The number of aliphatic imine (C=N–C) groups is 1. The molecule has 7 nitrogen and oxygen atoms in total. The van der Waals surface area contributed by atoms with Gasteiger partial charge in [0.1, 0.15) is 5.82 Å². The number of hydrogen-bond donors (Lipinski definition) is 2. The van der Waals surface area contributed by atoms with Crippen molar-refractivity contribution in [3.8, 4) is 0 Å². The number of benzene rings is 1. The van der Waals surface area contributed by atoms with E-state index in [1.54, 1.807) is 12.1 Å². The molecule has 3 rings (SSSR count).